The fourth-order valence-corrected chi connectivity index (χ4v) is 3.59. The molecule has 9 heteroatoms. The first-order valence-electron chi connectivity index (χ1n) is 9.61. The quantitative estimate of drug-likeness (QED) is 0.234. The lowest BCUT2D eigenvalue weighted by Gasteiger charge is -2.20. The second-order valence-corrected chi connectivity index (χ2v) is 7.74. The van der Waals surface area contributed by atoms with E-state index in [0.29, 0.717) is 4.47 Å². The molecular formula is C23H17BrFN5O2. The summed E-state index contributed by atoms with van der Waals surface area (Å²) in [5, 5.41) is 17.9. The minimum Gasteiger partial charge on any atom is -0.353 e. The number of anilines is 3. The highest BCUT2D eigenvalue weighted by molar-refractivity contribution is 9.10. The Kier molecular flexibility index (Phi) is 6.37. The van der Waals surface area contributed by atoms with Gasteiger partial charge in [0.25, 0.3) is 0 Å². The van der Waals surface area contributed by atoms with Gasteiger partial charge in [0.1, 0.15) is 12.1 Å². The summed E-state index contributed by atoms with van der Waals surface area (Å²) < 4.78 is 14.9. The molecule has 0 aliphatic rings. The standard InChI is InChI=1S/C23H17BrFN5O2/c24-17-11-12-19(18(25)13-17)28-22-21(30(31)32)23(27-14-26-22)29-20(15-7-3-1-4-8-15)16-9-5-2-6-10-16/h1-14,20H,(H2,26,27,28,29). The number of hydrogen-bond acceptors (Lipinski definition) is 6. The summed E-state index contributed by atoms with van der Waals surface area (Å²) in [5.41, 5.74) is 1.48. The Morgan fingerprint density at radius 1 is 0.906 bits per heavy atom. The highest BCUT2D eigenvalue weighted by Crippen LogP contribution is 2.35. The predicted molar refractivity (Wildman–Crippen MR) is 124 cm³/mol. The third-order valence-corrected chi connectivity index (χ3v) is 5.23. The predicted octanol–water partition coefficient (Wildman–Crippen LogP) is 6.23. The van der Waals surface area contributed by atoms with Crippen LogP contribution in [0.1, 0.15) is 17.2 Å². The van der Waals surface area contributed by atoms with Crippen molar-refractivity contribution in [3.05, 3.63) is 117 Å². The number of aromatic nitrogens is 2. The molecule has 0 saturated heterocycles. The molecule has 0 aliphatic heterocycles. The van der Waals surface area contributed by atoms with Crippen molar-refractivity contribution in [2.45, 2.75) is 6.04 Å². The average Bonchev–Trinajstić information content (AvgIpc) is 2.80. The molecule has 0 saturated carbocycles. The van der Waals surface area contributed by atoms with E-state index in [1.54, 1.807) is 6.07 Å². The zero-order valence-electron chi connectivity index (χ0n) is 16.6. The Balaban J connectivity index is 1.75. The van der Waals surface area contributed by atoms with Gasteiger partial charge in [-0.05, 0) is 29.3 Å². The maximum absolute atomic E-state index is 14.3. The van der Waals surface area contributed by atoms with Crippen LogP contribution in [0.4, 0.5) is 27.4 Å². The van der Waals surface area contributed by atoms with Gasteiger partial charge in [-0.2, -0.15) is 0 Å². The van der Waals surface area contributed by atoms with Gasteiger partial charge in [0.15, 0.2) is 0 Å². The van der Waals surface area contributed by atoms with E-state index in [0.717, 1.165) is 11.1 Å². The van der Waals surface area contributed by atoms with Crippen LogP contribution >= 0.6 is 15.9 Å². The van der Waals surface area contributed by atoms with E-state index >= 15 is 0 Å². The lowest BCUT2D eigenvalue weighted by atomic mass is 9.99. The van der Waals surface area contributed by atoms with Gasteiger partial charge in [-0.15, -0.1) is 0 Å². The molecule has 0 bridgehead atoms. The van der Waals surface area contributed by atoms with Gasteiger partial charge in [0, 0.05) is 4.47 Å². The van der Waals surface area contributed by atoms with E-state index in [9.17, 15) is 14.5 Å². The normalized spacial score (nSPS) is 10.7. The Labute approximate surface area is 191 Å². The van der Waals surface area contributed by atoms with Crippen LogP contribution in [0.5, 0.6) is 0 Å². The van der Waals surface area contributed by atoms with E-state index in [2.05, 4.69) is 36.5 Å². The number of nitro groups is 1. The number of benzene rings is 3. The van der Waals surface area contributed by atoms with Gasteiger partial charge in [0.2, 0.25) is 11.6 Å². The Bertz CT molecular complexity index is 1200. The van der Waals surface area contributed by atoms with Crippen molar-refractivity contribution < 1.29 is 9.31 Å². The molecule has 1 aromatic heterocycles. The molecule has 7 nitrogen and oxygen atoms in total. The van der Waals surface area contributed by atoms with Gasteiger partial charge < -0.3 is 10.6 Å². The van der Waals surface area contributed by atoms with Crippen molar-refractivity contribution in [3.8, 4) is 0 Å². The zero-order chi connectivity index (χ0) is 22.5. The molecule has 32 heavy (non-hydrogen) atoms. The minimum absolute atomic E-state index is 0.0164. The second-order valence-electron chi connectivity index (χ2n) is 6.82. The molecule has 2 N–H and O–H groups in total. The van der Waals surface area contributed by atoms with Crippen LogP contribution in [0.15, 0.2) is 89.7 Å². The summed E-state index contributed by atoms with van der Waals surface area (Å²) in [6.07, 6.45) is 1.20. The van der Waals surface area contributed by atoms with E-state index in [1.165, 1.54) is 18.5 Å². The summed E-state index contributed by atoms with van der Waals surface area (Å²) in [7, 11) is 0. The molecule has 0 aliphatic carbocycles. The van der Waals surface area contributed by atoms with Gasteiger partial charge in [0.05, 0.1) is 16.7 Å². The van der Waals surface area contributed by atoms with Crippen molar-refractivity contribution in [2.75, 3.05) is 10.6 Å². The van der Waals surface area contributed by atoms with Gasteiger partial charge in [-0.3, -0.25) is 10.1 Å². The maximum Gasteiger partial charge on any atom is 0.353 e. The maximum atomic E-state index is 14.3. The summed E-state index contributed by atoms with van der Waals surface area (Å²) >= 11 is 3.19. The number of nitrogens with zero attached hydrogens (tertiary/aromatic N) is 3. The molecule has 0 atom stereocenters. The Morgan fingerprint density at radius 3 is 2.06 bits per heavy atom. The van der Waals surface area contributed by atoms with Crippen molar-refractivity contribution in [2.24, 2.45) is 0 Å². The largest absolute Gasteiger partial charge is 0.353 e. The third kappa shape index (κ3) is 4.73. The molecule has 0 fully saturated rings. The molecule has 4 rings (SSSR count). The Morgan fingerprint density at radius 2 is 1.50 bits per heavy atom. The number of nitrogens with one attached hydrogen (secondary N) is 2. The summed E-state index contributed by atoms with van der Waals surface area (Å²) in [4.78, 5) is 19.5. The van der Waals surface area contributed by atoms with Crippen LogP contribution in [0.25, 0.3) is 0 Å². The van der Waals surface area contributed by atoms with E-state index in [-0.39, 0.29) is 23.0 Å². The fraction of sp³-hybridized carbons (Fsp3) is 0.0435. The summed E-state index contributed by atoms with van der Waals surface area (Å²) in [6, 6.07) is 23.0. The van der Waals surface area contributed by atoms with E-state index in [1.807, 2.05) is 60.7 Å². The number of rotatable bonds is 7. The fourth-order valence-electron chi connectivity index (χ4n) is 3.25. The molecule has 3 aromatic carbocycles. The first-order valence-corrected chi connectivity index (χ1v) is 10.4. The summed E-state index contributed by atoms with van der Waals surface area (Å²) in [5.74, 6) is -0.676. The molecular weight excluding hydrogens is 477 g/mol. The second kappa shape index (κ2) is 9.52. The number of hydrogen-bond donors (Lipinski definition) is 2. The van der Waals surface area contributed by atoms with E-state index < -0.39 is 16.8 Å². The molecule has 1 heterocycles. The van der Waals surface area contributed by atoms with Crippen molar-refractivity contribution >= 4 is 38.9 Å². The average molecular weight is 494 g/mol. The molecule has 0 amide bonds. The first-order chi connectivity index (χ1) is 15.5. The van der Waals surface area contributed by atoms with Crippen LogP contribution in [0.2, 0.25) is 0 Å². The molecule has 0 spiro atoms. The Hall–Kier alpha value is -3.85. The molecule has 0 radical (unpaired) electrons. The topological polar surface area (TPSA) is 93.0 Å². The summed E-state index contributed by atoms with van der Waals surface area (Å²) in [6.45, 7) is 0. The van der Waals surface area contributed by atoms with Gasteiger partial charge >= 0.3 is 5.69 Å². The van der Waals surface area contributed by atoms with Crippen molar-refractivity contribution in [1.82, 2.24) is 9.97 Å². The van der Waals surface area contributed by atoms with Crippen LogP contribution in [-0.4, -0.2) is 14.9 Å². The van der Waals surface area contributed by atoms with Gasteiger partial charge in [-0.1, -0.05) is 76.6 Å². The monoisotopic (exact) mass is 493 g/mol. The smallest absolute Gasteiger partial charge is 0.353 e. The van der Waals surface area contributed by atoms with Gasteiger partial charge in [-0.25, -0.2) is 14.4 Å². The van der Waals surface area contributed by atoms with Crippen molar-refractivity contribution in [1.29, 1.82) is 0 Å². The first kappa shape index (κ1) is 21.4. The van der Waals surface area contributed by atoms with Crippen LogP contribution in [0, 0.1) is 15.9 Å². The molecule has 4 aromatic rings. The minimum atomic E-state index is -0.589. The van der Waals surface area contributed by atoms with Crippen LogP contribution in [-0.2, 0) is 0 Å². The highest BCUT2D eigenvalue weighted by atomic mass is 79.9. The highest BCUT2D eigenvalue weighted by Gasteiger charge is 2.26. The SMILES string of the molecule is O=[N+]([O-])c1c(Nc2ccc(Br)cc2F)ncnc1NC(c1ccccc1)c1ccccc1. The zero-order valence-corrected chi connectivity index (χ0v) is 18.2. The van der Waals surface area contributed by atoms with Crippen molar-refractivity contribution in [3.63, 3.8) is 0 Å². The molecule has 160 valence electrons. The third-order valence-electron chi connectivity index (χ3n) is 4.74. The molecule has 0 unspecified atom stereocenters. The van der Waals surface area contributed by atoms with E-state index in [4.69, 9.17) is 0 Å². The number of halogens is 2. The van der Waals surface area contributed by atoms with Crippen LogP contribution < -0.4 is 10.6 Å². The lowest BCUT2D eigenvalue weighted by Crippen LogP contribution is -2.15. The lowest BCUT2D eigenvalue weighted by molar-refractivity contribution is -0.383. The van der Waals surface area contributed by atoms with Crippen LogP contribution in [0.3, 0.4) is 0 Å².